The molecule has 2 aliphatic heterocycles. The lowest BCUT2D eigenvalue weighted by Gasteiger charge is -2.36. The third-order valence-corrected chi connectivity index (χ3v) is 6.35. The molecular formula is C22H26N2O2S. The summed E-state index contributed by atoms with van der Waals surface area (Å²) in [6.07, 6.45) is 1.02. The van der Waals surface area contributed by atoms with Crippen LogP contribution in [0.2, 0.25) is 0 Å². The molecule has 1 atom stereocenters. The number of nitrogens with zero attached hydrogens (tertiary/aromatic N) is 2. The minimum absolute atomic E-state index is 0.0457. The van der Waals surface area contributed by atoms with E-state index in [0.717, 1.165) is 56.4 Å². The van der Waals surface area contributed by atoms with Gasteiger partial charge in [0, 0.05) is 44.0 Å². The van der Waals surface area contributed by atoms with Gasteiger partial charge in [-0.2, -0.15) is 0 Å². The van der Waals surface area contributed by atoms with Gasteiger partial charge in [-0.05, 0) is 36.2 Å². The Kier molecular flexibility index (Phi) is 5.69. The fourth-order valence-corrected chi connectivity index (χ4v) is 4.71. The molecule has 0 N–H and O–H groups in total. The SMILES string of the molecule is C[C@H](Sc1ccccc1)C(=O)N1CCN(Cc2ccc3c(c2)CCO3)CC1. The molecule has 4 rings (SSSR count). The highest BCUT2D eigenvalue weighted by atomic mass is 32.2. The highest BCUT2D eigenvalue weighted by molar-refractivity contribution is 8.00. The van der Waals surface area contributed by atoms with Crippen molar-refractivity contribution < 1.29 is 9.53 Å². The maximum atomic E-state index is 12.8. The van der Waals surface area contributed by atoms with Crippen LogP contribution < -0.4 is 4.74 Å². The Morgan fingerprint density at radius 1 is 1.11 bits per heavy atom. The van der Waals surface area contributed by atoms with Crippen LogP contribution in [0.25, 0.3) is 0 Å². The maximum Gasteiger partial charge on any atom is 0.235 e. The summed E-state index contributed by atoms with van der Waals surface area (Å²) in [5.74, 6) is 1.29. The van der Waals surface area contributed by atoms with Crippen molar-refractivity contribution in [3.63, 3.8) is 0 Å². The molecule has 0 radical (unpaired) electrons. The third-order valence-electron chi connectivity index (χ3n) is 5.25. The lowest BCUT2D eigenvalue weighted by molar-refractivity contribution is -0.132. The summed E-state index contributed by atoms with van der Waals surface area (Å²) in [6.45, 7) is 7.25. The number of benzene rings is 2. The fourth-order valence-electron chi connectivity index (χ4n) is 3.73. The first-order chi connectivity index (χ1) is 13.2. The van der Waals surface area contributed by atoms with E-state index in [-0.39, 0.29) is 11.2 Å². The standard InChI is InChI=1S/C22H26N2O2S/c1-17(27-20-5-3-2-4-6-20)22(25)24-12-10-23(11-13-24)16-18-7-8-21-19(15-18)9-14-26-21/h2-8,15,17H,9-14,16H2,1H3/t17-/m0/s1. The molecule has 142 valence electrons. The normalized spacial score (nSPS) is 18.0. The van der Waals surface area contributed by atoms with Gasteiger partial charge in [-0.25, -0.2) is 0 Å². The quantitative estimate of drug-likeness (QED) is 0.742. The fraction of sp³-hybridized carbons (Fsp3) is 0.409. The summed E-state index contributed by atoms with van der Waals surface area (Å²) in [5.41, 5.74) is 2.67. The van der Waals surface area contributed by atoms with Crippen molar-refractivity contribution in [3.8, 4) is 5.75 Å². The van der Waals surface area contributed by atoms with Crippen molar-refractivity contribution in [2.24, 2.45) is 0 Å². The van der Waals surface area contributed by atoms with Gasteiger partial charge < -0.3 is 9.64 Å². The van der Waals surface area contributed by atoms with E-state index in [9.17, 15) is 4.79 Å². The second kappa shape index (κ2) is 8.36. The van der Waals surface area contributed by atoms with E-state index >= 15 is 0 Å². The number of amides is 1. The van der Waals surface area contributed by atoms with Crippen LogP contribution in [-0.2, 0) is 17.8 Å². The number of fused-ring (bicyclic) bond motifs is 1. The Morgan fingerprint density at radius 3 is 2.67 bits per heavy atom. The number of thioether (sulfide) groups is 1. The highest BCUT2D eigenvalue weighted by Crippen LogP contribution is 2.27. The van der Waals surface area contributed by atoms with Gasteiger partial charge >= 0.3 is 0 Å². The van der Waals surface area contributed by atoms with Gasteiger partial charge in [-0.1, -0.05) is 30.3 Å². The smallest absolute Gasteiger partial charge is 0.235 e. The first-order valence-electron chi connectivity index (χ1n) is 9.66. The van der Waals surface area contributed by atoms with E-state index in [1.165, 1.54) is 11.1 Å². The molecule has 5 heteroatoms. The number of carbonyl (C=O) groups is 1. The molecule has 2 aromatic rings. The molecule has 0 unspecified atom stereocenters. The molecule has 2 aliphatic rings. The zero-order valence-corrected chi connectivity index (χ0v) is 16.6. The van der Waals surface area contributed by atoms with Gasteiger partial charge in [0.15, 0.2) is 0 Å². The van der Waals surface area contributed by atoms with E-state index in [0.29, 0.717) is 0 Å². The van der Waals surface area contributed by atoms with Crippen LogP contribution in [0.5, 0.6) is 5.75 Å². The highest BCUT2D eigenvalue weighted by Gasteiger charge is 2.25. The van der Waals surface area contributed by atoms with Crippen molar-refractivity contribution in [1.82, 2.24) is 9.80 Å². The molecule has 27 heavy (non-hydrogen) atoms. The molecule has 1 saturated heterocycles. The second-order valence-corrected chi connectivity index (χ2v) is 8.63. The molecule has 0 bridgehead atoms. The average Bonchev–Trinajstić information content (AvgIpc) is 3.16. The van der Waals surface area contributed by atoms with Crippen molar-refractivity contribution >= 4 is 17.7 Å². The van der Waals surface area contributed by atoms with Gasteiger partial charge in [0.05, 0.1) is 11.9 Å². The van der Waals surface area contributed by atoms with Crippen LogP contribution in [0.1, 0.15) is 18.1 Å². The third kappa shape index (κ3) is 4.47. The summed E-state index contributed by atoms with van der Waals surface area (Å²) in [5, 5.41) is -0.0457. The Labute approximate surface area is 165 Å². The van der Waals surface area contributed by atoms with Crippen molar-refractivity contribution in [2.45, 2.75) is 30.0 Å². The Morgan fingerprint density at radius 2 is 1.89 bits per heavy atom. The Balaban J connectivity index is 1.27. The van der Waals surface area contributed by atoms with E-state index in [1.54, 1.807) is 11.8 Å². The molecular weight excluding hydrogens is 356 g/mol. The second-order valence-electron chi connectivity index (χ2n) is 7.22. The van der Waals surface area contributed by atoms with Gasteiger partial charge in [0.25, 0.3) is 0 Å². The van der Waals surface area contributed by atoms with Crippen LogP contribution in [0.4, 0.5) is 0 Å². The average molecular weight is 383 g/mol. The van der Waals surface area contributed by atoms with Gasteiger partial charge in [-0.3, -0.25) is 9.69 Å². The topological polar surface area (TPSA) is 32.8 Å². The number of rotatable bonds is 5. The molecule has 2 aromatic carbocycles. The van der Waals surface area contributed by atoms with Crippen LogP contribution in [0.15, 0.2) is 53.4 Å². The number of carbonyl (C=O) groups excluding carboxylic acids is 1. The van der Waals surface area contributed by atoms with Crippen molar-refractivity contribution in [3.05, 3.63) is 59.7 Å². The molecule has 1 amide bonds. The molecule has 0 aliphatic carbocycles. The van der Waals surface area contributed by atoms with E-state index in [4.69, 9.17) is 4.74 Å². The minimum Gasteiger partial charge on any atom is -0.493 e. The predicted molar refractivity (Wildman–Crippen MR) is 109 cm³/mol. The Hall–Kier alpha value is -1.98. The van der Waals surface area contributed by atoms with Gasteiger partial charge in [0.2, 0.25) is 5.91 Å². The lowest BCUT2D eigenvalue weighted by atomic mass is 10.1. The summed E-state index contributed by atoms with van der Waals surface area (Å²) in [6, 6.07) is 16.7. The largest absolute Gasteiger partial charge is 0.493 e. The maximum absolute atomic E-state index is 12.8. The first-order valence-corrected chi connectivity index (χ1v) is 10.5. The lowest BCUT2D eigenvalue weighted by Crippen LogP contribution is -2.50. The van der Waals surface area contributed by atoms with Crippen molar-refractivity contribution in [2.75, 3.05) is 32.8 Å². The summed E-state index contributed by atoms with van der Waals surface area (Å²) < 4.78 is 5.59. The molecule has 0 aromatic heterocycles. The van der Waals surface area contributed by atoms with Crippen LogP contribution in [-0.4, -0.2) is 53.7 Å². The number of hydrogen-bond acceptors (Lipinski definition) is 4. The number of ether oxygens (including phenoxy) is 1. The first kappa shape index (κ1) is 18.4. The van der Waals surface area contributed by atoms with Crippen LogP contribution in [0, 0.1) is 0 Å². The van der Waals surface area contributed by atoms with Crippen LogP contribution >= 0.6 is 11.8 Å². The van der Waals surface area contributed by atoms with E-state index < -0.39 is 0 Å². The predicted octanol–water partition coefficient (Wildman–Crippen LogP) is 3.45. The number of piperazine rings is 1. The summed E-state index contributed by atoms with van der Waals surface area (Å²) in [4.78, 5) is 18.4. The molecule has 0 saturated carbocycles. The summed E-state index contributed by atoms with van der Waals surface area (Å²) >= 11 is 1.64. The monoisotopic (exact) mass is 382 g/mol. The van der Waals surface area contributed by atoms with E-state index in [1.807, 2.05) is 30.0 Å². The zero-order chi connectivity index (χ0) is 18.6. The molecule has 1 fully saturated rings. The van der Waals surface area contributed by atoms with Gasteiger partial charge in [0.1, 0.15) is 5.75 Å². The minimum atomic E-state index is -0.0457. The summed E-state index contributed by atoms with van der Waals surface area (Å²) in [7, 11) is 0. The van der Waals surface area contributed by atoms with Crippen LogP contribution in [0.3, 0.4) is 0 Å². The molecule has 0 spiro atoms. The Bertz CT molecular complexity index is 788. The molecule has 2 heterocycles. The van der Waals surface area contributed by atoms with Gasteiger partial charge in [-0.15, -0.1) is 11.8 Å². The van der Waals surface area contributed by atoms with E-state index in [2.05, 4.69) is 35.2 Å². The van der Waals surface area contributed by atoms with Crippen molar-refractivity contribution in [1.29, 1.82) is 0 Å². The zero-order valence-electron chi connectivity index (χ0n) is 15.8. The number of hydrogen-bond donors (Lipinski definition) is 0. The molecule has 4 nitrogen and oxygen atoms in total.